The van der Waals surface area contributed by atoms with Crippen LogP contribution in [0.3, 0.4) is 0 Å². The molecule has 1 heterocycles. The number of nitrogens with one attached hydrogen (secondary N) is 1. The molecular formula is C11H8F2N2O3. The van der Waals surface area contributed by atoms with Crippen LogP contribution in [0.5, 0.6) is 0 Å². The third kappa shape index (κ3) is 2.62. The summed E-state index contributed by atoms with van der Waals surface area (Å²) in [4.78, 5) is 9.71. The van der Waals surface area contributed by atoms with Crippen LogP contribution in [0.25, 0.3) is 0 Å². The van der Waals surface area contributed by atoms with E-state index in [1.807, 2.05) is 0 Å². The predicted molar refractivity (Wildman–Crippen MR) is 59.0 cm³/mol. The second-order valence-electron chi connectivity index (χ2n) is 3.47. The maximum atomic E-state index is 13.2. The Bertz CT molecular complexity index is 583. The molecule has 0 amide bonds. The second kappa shape index (κ2) is 4.82. The van der Waals surface area contributed by atoms with Crippen LogP contribution in [0.15, 0.2) is 34.7 Å². The first-order valence-electron chi connectivity index (χ1n) is 4.98. The predicted octanol–water partition coefficient (Wildman–Crippen LogP) is 3.08. The first-order chi connectivity index (χ1) is 8.56. The SMILES string of the molecule is O=[N+]([O-])c1ccc(CNc2ccc(F)cc2F)o1. The Labute approximate surface area is 100 Å². The first-order valence-corrected chi connectivity index (χ1v) is 4.98. The maximum Gasteiger partial charge on any atom is 0.433 e. The molecule has 1 N–H and O–H groups in total. The van der Waals surface area contributed by atoms with Gasteiger partial charge in [0, 0.05) is 6.07 Å². The molecule has 0 aliphatic carbocycles. The summed E-state index contributed by atoms with van der Waals surface area (Å²) in [7, 11) is 0. The van der Waals surface area contributed by atoms with E-state index < -0.39 is 16.6 Å². The van der Waals surface area contributed by atoms with Crippen LogP contribution >= 0.6 is 0 Å². The molecule has 0 bridgehead atoms. The van der Waals surface area contributed by atoms with Crippen LogP contribution in [0.4, 0.5) is 20.4 Å². The number of anilines is 1. The molecular weight excluding hydrogens is 246 g/mol. The minimum atomic E-state index is -0.740. The molecule has 0 aliphatic heterocycles. The molecule has 18 heavy (non-hydrogen) atoms. The van der Waals surface area contributed by atoms with Gasteiger partial charge < -0.3 is 9.73 Å². The Kier molecular flexibility index (Phi) is 3.22. The van der Waals surface area contributed by atoms with E-state index in [9.17, 15) is 18.9 Å². The summed E-state index contributed by atoms with van der Waals surface area (Å²) < 4.78 is 30.8. The van der Waals surface area contributed by atoms with Crippen molar-refractivity contribution >= 4 is 11.6 Å². The number of rotatable bonds is 4. The Morgan fingerprint density at radius 1 is 1.28 bits per heavy atom. The molecule has 0 aliphatic rings. The van der Waals surface area contributed by atoms with Gasteiger partial charge in [-0.1, -0.05) is 0 Å². The van der Waals surface area contributed by atoms with Gasteiger partial charge in [-0.05, 0) is 18.2 Å². The summed E-state index contributed by atoms with van der Waals surface area (Å²) in [5.74, 6) is -1.51. The second-order valence-corrected chi connectivity index (χ2v) is 3.47. The minimum absolute atomic E-state index is 0.0659. The highest BCUT2D eigenvalue weighted by atomic mass is 19.1. The summed E-state index contributed by atoms with van der Waals surface area (Å²) in [5, 5.41) is 13.0. The largest absolute Gasteiger partial charge is 0.433 e. The fraction of sp³-hybridized carbons (Fsp3) is 0.0909. The first kappa shape index (κ1) is 12.0. The summed E-state index contributed by atoms with van der Waals surface area (Å²) in [6.45, 7) is 0.0659. The van der Waals surface area contributed by atoms with E-state index in [1.165, 1.54) is 18.2 Å². The van der Waals surface area contributed by atoms with Gasteiger partial charge in [-0.2, -0.15) is 0 Å². The molecule has 94 valence electrons. The molecule has 0 saturated heterocycles. The van der Waals surface area contributed by atoms with Gasteiger partial charge in [-0.25, -0.2) is 8.78 Å². The van der Waals surface area contributed by atoms with Crippen molar-refractivity contribution in [3.63, 3.8) is 0 Å². The lowest BCUT2D eigenvalue weighted by Gasteiger charge is -2.05. The van der Waals surface area contributed by atoms with Crippen molar-refractivity contribution in [1.29, 1.82) is 0 Å². The van der Waals surface area contributed by atoms with Gasteiger partial charge in [0.25, 0.3) is 0 Å². The van der Waals surface area contributed by atoms with Gasteiger partial charge in [0.05, 0.1) is 18.3 Å². The molecule has 0 spiro atoms. The maximum absolute atomic E-state index is 13.2. The van der Waals surface area contributed by atoms with Crippen molar-refractivity contribution in [2.75, 3.05) is 5.32 Å². The molecule has 1 aromatic heterocycles. The number of hydrogen-bond acceptors (Lipinski definition) is 4. The highest BCUT2D eigenvalue weighted by Gasteiger charge is 2.12. The average molecular weight is 254 g/mol. The van der Waals surface area contributed by atoms with E-state index >= 15 is 0 Å². The molecule has 0 saturated carbocycles. The van der Waals surface area contributed by atoms with E-state index in [2.05, 4.69) is 5.32 Å². The molecule has 0 fully saturated rings. The van der Waals surface area contributed by atoms with Crippen molar-refractivity contribution < 1.29 is 18.1 Å². The van der Waals surface area contributed by atoms with Gasteiger partial charge >= 0.3 is 5.88 Å². The Morgan fingerprint density at radius 3 is 2.67 bits per heavy atom. The number of hydrogen-bond donors (Lipinski definition) is 1. The van der Waals surface area contributed by atoms with Gasteiger partial charge in [0.15, 0.2) is 0 Å². The third-order valence-electron chi connectivity index (χ3n) is 2.21. The van der Waals surface area contributed by atoms with E-state index in [0.717, 1.165) is 12.1 Å². The van der Waals surface area contributed by atoms with Crippen LogP contribution in [0, 0.1) is 21.7 Å². The molecule has 1 aromatic carbocycles. The van der Waals surface area contributed by atoms with Crippen LogP contribution in [0.1, 0.15) is 5.76 Å². The number of nitrogens with zero attached hydrogens (tertiary/aromatic N) is 1. The zero-order chi connectivity index (χ0) is 13.1. The van der Waals surface area contributed by atoms with Crippen molar-refractivity contribution in [1.82, 2.24) is 0 Å². The van der Waals surface area contributed by atoms with E-state index in [-0.39, 0.29) is 23.9 Å². The summed E-state index contributed by atoms with van der Waals surface area (Å²) in [6, 6.07) is 5.70. The van der Waals surface area contributed by atoms with Crippen molar-refractivity contribution in [2.24, 2.45) is 0 Å². The van der Waals surface area contributed by atoms with Gasteiger partial charge in [0.1, 0.15) is 22.3 Å². The number of furan rings is 1. The van der Waals surface area contributed by atoms with Crippen LogP contribution < -0.4 is 5.32 Å². The average Bonchev–Trinajstić information content (AvgIpc) is 2.76. The normalized spacial score (nSPS) is 10.3. The third-order valence-corrected chi connectivity index (χ3v) is 2.21. The van der Waals surface area contributed by atoms with Crippen molar-refractivity contribution in [3.8, 4) is 0 Å². The summed E-state index contributed by atoms with van der Waals surface area (Å²) >= 11 is 0. The molecule has 7 heteroatoms. The molecule has 0 unspecified atom stereocenters. The molecule has 0 radical (unpaired) electrons. The summed E-state index contributed by atoms with van der Waals surface area (Å²) in [6.07, 6.45) is 0. The lowest BCUT2D eigenvalue weighted by Crippen LogP contribution is -2.00. The fourth-order valence-corrected chi connectivity index (χ4v) is 1.37. The number of halogens is 2. The van der Waals surface area contributed by atoms with E-state index in [4.69, 9.17) is 4.42 Å². The zero-order valence-corrected chi connectivity index (χ0v) is 9.02. The molecule has 2 rings (SSSR count). The van der Waals surface area contributed by atoms with Gasteiger partial charge in [-0.3, -0.25) is 10.1 Å². The van der Waals surface area contributed by atoms with Gasteiger partial charge in [-0.15, -0.1) is 0 Å². The summed E-state index contributed by atoms with van der Waals surface area (Å²) in [5.41, 5.74) is 0.0930. The quantitative estimate of drug-likeness (QED) is 0.672. The monoisotopic (exact) mass is 254 g/mol. The van der Waals surface area contributed by atoms with Crippen LogP contribution in [-0.2, 0) is 6.54 Å². The number of benzene rings is 1. The Balaban J connectivity index is 2.04. The number of nitro groups is 1. The minimum Gasteiger partial charge on any atom is -0.404 e. The molecule has 5 nitrogen and oxygen atoms in total. The highest BCUT2D eigenvalue weighted by molar-refractivity contribution is 5.44. The van der Waals surface area contributed by atoms with Crippen LogP contribution in [0.2, 0.25) is 0 Å². The molecule has 0 atom stereocenters. The highest BCUT2D eigenvalue weighted by Crippen LogP contribution is 2.19. The topological polar surface area (TPSA) is 68.3 Å². The standard InChI is InChI=1S/C11H8F2N2O3/c12-7-1-3-10(9(13)5-7)14-6-8-2-4-11(18-8)15(16)17/h1-5,14H,6H2. The van der Waals surface area contributed by atoms with Crippen LogP contribution in [-0.4, -0.2) is 4.92 Å². The lowest BCUT2D eigenvalue weighted by atomic mass is 10.3. The lowest BCUT2D eigenvalue weighted by molar-refractivity contribution is -0.402. The Hall–Kier alpha value is -2.44. The van der Waals surface area contributed by atoms with Crippen molar-refractivity contribution in [3.05, 3.63) is 57.8 Å². The fourth-order valence-electron chi connectivity index (χ4n) is 1.37. The van der Waals surface area contributed by atoms with E-state index in [0.29, 0.717) is 0 Å². The van der Waals surface area contributed by atoms with Crippen molar-refractivity contribution in [2.45, 2.75) is 6.54 Å². The van der Waals surface area contributed by atoms with E-state index in [1.54, 1.807) is 0 Å². The molecule has 2 aromatic rings. The zero-order valence-electron chi connectivity index (χ0n) is 9.02. The smallest absolute Gasteiger partial charge is 0.404 e. The Morgan fingerprint density at radius 2 is 2.06 bits per heavy atom. The van der Waals surface area contributed by atoms with Gasteiger partial charge in [0.2, 0.25) is 0 Å².